The average Bonchev–Trinajstić information content (AvgIpc) is 2.61. The number of rotatable bonds is 15. The van der Waals surface area contributed by atoms with E-state index >= 15 is 0 Å². The van der Waals surface area contributed by atoms with Gasteiger partial charge < -0.3 is 18.4 Å². The van der Waals surface area contributed by atoms with Gasteiger partial charge in [-0.15, -0.1) is 0 Å². The molecule has 0 spiro atoms. The molecule has 0 aromatic heterocycles. The molecule has 0 aliphatic carbocycles. The smallest absolute Gasteiger partial charge is 0.501 e. The molecule has 0 bridgehead atoms. The first-order chi connectivity index (χ1) is 12.2. The van der Waals surface area contributed by atoms with Gasteiger partial charge in [-0.3, -0.25) is 0 Å². The minimum absolute atomic E-state index is 0.301. The molecule has 1 aromatic carbocycles. The second-order valence-electron chi connectivity index (χ2n) is 6.46. The summed E-state index contributed by atoms with van der Waals surface area (Å²) in [6.45, 7) is 8.57. The molecule has 0 amide bonds. The zero-order chi connectivity index (χ0) is 18.4. The van der Waals surface area contributed by atoms with Crippen LogP contribution in [0.1, 0.15) is 64.9 Å². The summed E-state index contributed by atoms with van der Waals surface area (Å²) in [5.74, 6) is 0.301. The summed E-state index contributed by atoms with van der Waals surface area (Å²) < 4.78 is 18.7. The molecule has 0 radical (unpaired) electrons. The van der Waals surface area contributed by atoms with Crippen LogP contribution in [0.3, 0.4) is 0 Å². The van der Waals surface area contributed by atoms with Gasteiger partial charge in [-0.05, 0) is 43.4 Å². The summed E-state index contributed by atoms with van der Waals surface area (Å²) >= 11 is 0. The van der Waals surface area contributed by atoms with Crippen molar-refractivity contribution in [3.05, 3.63) is 29.8 Å². The van der Waals surface area contributed by atoms with Crippen LogP contribution in [0.4, 0.5) is 0 Å². The maximum atomic E-state index is 9.68. The highest BCUT2D eigenvalue weighted by atomic mass is 28.4. The lowest BCUT2D eigenvalue weighted by molar-refractivity contribution is 0.0563. The van der Waals surface area contributed by atoms with Gasteiger partial charge in [-0.1, -0.05) is 52.2 Å². The Bertz CT molecular complexity index is 427. The van der Waals surface area contributed by atoms with Crippen LogP contribution in [0.5, 0.6) is 5.75 Å². The van der Waals surface area contributed by atoms with E-state index in [1.807, 2.05) is 18.2 Å². The molecular weight excluding hydrogens is 332 g/mol. The van der Waals surface area contributed by atoms with Crippen molar-refractivity contribution in [2.24, 2.45) is 0 Å². The summed E-state index contributed by atoms with van der Waals surface area (Å²) in [6, 6.07) is 8.17. The minimum Gasteiger partial charge on any atom is -0.508 e. The normalized spacial score (nSPS) is 11.8. The monoisotopic (exact) mass is 368 g/mol. The van der Waals surface area contributed by atoms with E-state index in [0.717, 1.165) is 56.6 Å². The Hall–Kier alpha value is -0.883. The lowest BCUT2D eigenvalue weighted by atomic mass is 10.2. The number of hydrogen-bond donors (Lipinski definition) is 1. The molecule has 1 aromatic rings. The van der Waals surface area contributed by atoms with Crippen molar-refractivity contribution in [2.45, 2.75) is 71.8 Å². The lowest BCUT2D eigenvalue weighted by Crippen LogP contribution is -2.47. The van der Waals surface area contributed by atoms with Crippen LogP contribution >= 0.6 is 0 Å². The minimum atomic E-state index is -2.69. The molecule has 0 unspecified atom stereocenters. The molecular formula is C20H36O4Si. The lowest BCUT2D eigenvalue weighted by Gasteiger charge is -2.30. The molecule has 0 saturated carbocycles. The SMILES string of the molecule is CCCCO[Si](CCc1cccc(O)c1)(OCCCC)OCCCC. The van der Waals surface area contributed by atoms with Gasteiger partial charge >= 0.3 is 8.80 Å². The molecule has 0 atom stereocenters. The second kappa shape index (κ2) is 13.3. The fourth-order valence-electron chi connectivity index (χ4n) is 2.47. The van der Waals surface area contributed by atoms with Gasteiger partial charge in [-0.25, -0.2) is 0 Å². The van der Waals surface area contributed by atoms with Crippen LogP contribution in [0, 0.1) is 0 Å². The zero-order valence-corrected chi connectivity index (χ0v) is 17.3. The number of unbranched alkanes of at least 4 members (excludes halogenated alkanes) is 3. The van der Waals surface area contributed by atoms with E-state index in [9.17, 15) is 5.11 Å². The van der Waals surface area contributed by atoms with Crippen LogP contribution in [-0.4, -0.2) is 33.7 Å². The first-order valence-corrected chi connectivity index (χ1v) is 11.8. The summed E-state index contributed by atoms with van der Waals surface area (Å²) in [5.41, 5.74) is 1.09. The van der Waals surface area contributed by atoms with Crippen molar-refractivity contribution in [3.8, 4) is 5.75 Å². The van der Waals surface area contributed by atoms with Gasteiger partial charge in [0.05, 0.1) is 0 Å². The molecule has 1 N–H and O–H groups in total. The van der Waals surface area contributed by atoms with E-state index in [-0.39, 0.29) is 0 Å². The maximum Gasteiger partial charge on any atom is 0.501 e. The maximum absolute atomic E-state index is 9.68. The Morgan fingerprint density at radius 2 is 1.36 bits per heavy atom. The number of hydrogen-bond acceptors (Lipinski definition) is 4. The topological polar surface area (TPSA) is 47.9 Å². The van der Waals surface area contributed by atoms with Crippen LogP contribution < -0.4 is 0 Å². The Kier molecular flexibility index (Phi) is 11.8. The van der Waals surface area contributed by atoms with Crippen molar-refractivity contribution >= 4 is 8.80 Å². The van der Waals surface area contributed by atoms with E-state index in [1.54, 1.807) is 6.07 Å². The molecule has 0 aliphatic heterocycles. The summed E-state index contributed by atoms with van der Waals surface area (Å²) in [5, 5.41) is 9.68. The van der Waals surface area contributed by atoms with Gasteiger partial charge in [0.25, 0.3) is 0 Å². The number of phenolic OH excluding ortho intramolecular Hbond substituents is 1. The molecule has 0 saturated heterocycles. The zero-order valence-electron chi connectivity index (χ0n) is 16.3. The quantitative estimate of drug-likeness (QED) is 0.336. The third kappa shape index (κ3) is 9.40. The predicted octanol–water partition coefficient (Wildman–Crippen LogP) is 5.32. The van der Waals surface area contributed by atoms with Crippen LogP contribution in [0.25, 0.3) is 0 Å². The Labute approximate surface area is 154 Å². The van der Waals surface area contributed by atoms with Crippen molar-refractivity contribution in [3.63, 3.8) is 0 Å². The van der Waals surface area contributed by atoms with E-state index in [0.29, 0.717) is 25.6 Å². The molecule has 1 rings (SSSR count). The molecule has 5 heteroatoms. The summed E-state index contributed by atoms with van der Waals surface area (Å²) in [6.07, 6.45) is 7.16. The summed E-state index contributed by atoms with van der Waals surface area (Å²) in [7, 11) is -2.69. The number of aromatic hydroxyl groups is 1. The second-order valence-corrected chi connectivity index (χ2v) is 9.19. The van der Waals surface area contributed by atoms with Crippen LogP contribution in [0.15, 0.2) is 24.3 Å². The van der Waals surface area contributed by atoms with Crippen molar-refractivity contribution in [2.75, 3.05) is 19.8 Å². The average molecular weight is 369 g/mol. The number of phenols is 1. The third-order valence-corrected chi connectivity index (χ3v) is 6.88. The Morgan fingerprint density at radius 3 is 1.80 bits per heavy atom. The van der Waals surface area contributed by atoms with Crippen molar-refractivity contribution < 1.29 is 18.4 Å². The van der Waals surface area contributed by atoms with Gasteiger partial charge in [0.15, 0.2) is 0 Å². The number of aryl methyl sites for hydroxylation is 1. The van der Waals surface area contributed by atoms with Gasteiger partial charge in [-0.2, -0.15) is 0 Å². The molecule has 0 aliphatic rings. The highest BCUT2D eigenvalue weighted by Gasteiger charge is 2.40. The van der Waals surface area contributed by atoms with E-state index in [4.69, 9.17) is 13.3 Å². The first-order valence-electron chi connectivity index (χ1n) is 9.85. The third-order valence-electron chi connectivity index (χ3n) is 4.09. The van der Waals surface area contributed by atoms with Gasteiger partial charge in [0, 0.05) is 25.9 Å². The standard InChI is InChI=1S/C20H36O4Si/c1-4-7-14-22-25(23-15-8-5-2,24-16-9-6-3)17-13-19-11-10-12-20(21)18-19/h10-12,18,21H,4-9,13-17H2,1-3H3. The highest BCUT2D eigenvalue weighted by Crippen LogP contribution is 2.22. The van der Waals surface area contributed by atoms with Gasteiger partial charge in [0.1, 0.15) is 5.75 Å². The van der Waals surface area contributed by atoms with E-state index < -0.39 is 8.80 Å². The fraction of sp³-hybridized carbons (Fsp3) is 0.700. The van der Waals surface area contributed by atoms with Crippen molar-refractivity contribution in [1.82, 2.24) is 0 Å². The fourth-order valence-corrected chi connectivity index (χ4v) is 5.11. The Balaban J connectivity index is 2.77. The predicted molar refractivity (Wildman–Crippen MR) is 105 cm³/mol. The van der Waals surface area contributed by atoms with Crippen LogP contribution in [-0.2, 0) is 19.7 Å². The largest absolute Gasteiger partial charge is 0.508 e. The van der Waals surface area contributed by atoms with E-state index in [1.165, 1.54) is 0 Å². The Morgan fingerprint density at radius 1 is 0.840 bits per heavy atom. The van der Waals surface area contributed by atoms with Gasteiger partial charge in [0.2, 0.25) is 0 Å². The molecule has 144 valence electrons. The summed E-state index contributed by atoms with van der Waals surface area (Å²) in [4.78, 5) is 0. The molecule has 4 nitrogen and oxygen atoms in total. The molecule has 0 heterocycles. The van der Waals surface area contributed by atoms with Crippen LogP contribution in [0.2, 0.25) is 6.04 Å². The van der Waals surface area contributed by atoms with Crippen molar-refractivity contribution in [1.29, 1.82) is 0 Å². The first kappa shape index (κ1) is 22.2. The van der Waals surface area contributed by atoms with E-state index in [2.05, 4.69) is 20.8 Å². The number of benzene rings is 1. The highest BCUT2D eigenvalue weighted by molar-refractivity contribution is 6.60. The molecule has 25 heavy (non-hydrogen) atoms. The molecule has 0 fully saturated rings.